The maximum atomic E-state index is 11.9. The van der Waals surface area contributed by atoms with Gasteiger partial charge in [-0.25, -0.2) is 0 Å². The molecule has 0 radical (unpaired) electrons. The van der Waals surface area contributed by atoms with Crippen molar-refractivity contribution in [3.63, 3.8) is 0 Å². The molecule has 0 aromatic heterocycles. The largest absolute Gasteiger partial charge is 0.469 e. The van der Waals surface area contributed by atoms with E-state index in [2.05, 4.69) is 19.2 Å². The van der Waals surface area contributed by atoms with Crippen LogP contribution in [-0.2, 0) is 9.53 Å². The molecule has 1 rings (SSSR count). The summed E-state index contributed by atoms with van der Waals surface area (Å²) >= 11 is 0. The molecular weight excluding hydrogens is 266 g/mol. The standard InChI is InChI=1S/C17H27NO3/c1-13(2)10-17(3,20)12-18-11-15(16(19)21-4)14-8-6-5-7-9-14/h5-9,13,15,18,20H,10-12H2,1-4H3. The maximum Gasteiger partial charge on any atom is 0.314 e. The van der Waals surface area contributed by atoms with Crippen molar-refractivity contribution >= 4 is 5.97 Å². The van der Waals surface area contributed by atoms with Crippen LogP contribution >= 0.6 is 0 Å². The molecule has 2 N–H and O–H groups in total. The van der Waals surface area contributed by atoms with E-state index in [0.29, 0.717) is 25.4 Å². The number of hydrogen-bond donors (Lipinski definition) is 2. The van der Waals surface area contributed by atoms with E-state index in [1.165, 1.54) is 7.11 Å². The Morgan fingerprint density at radius 1 is 1.33 bits per heavy atom. The van der Waals surface area contributed by atoms with Crippen LogP contribution in [0.3, 0.4) is 0 Å². The zero-order valence-corrected chi connectivity index (χ0v) is 13.4. The summed E-state index contributed by atoms with van der Waals surface area (Å²) in [4.78, 5) is 11.9. The number of ether oxygens (including phenoxy) is 1. The summed E-state index contributed by atoms with van der Waals surface area (Å²) in [6.45, 7) is 6.87. The highest BCUT2D eigenvalue weighted by molar-refractivity contribution is 5.78. The number of hydrogen-bond acceptors (Lipinski definition) is 4. The first-order valence-corrected chi connectivity index (χ1v) is 7.41. The molecule has 118 valence electrons. The molecule has 0 fully saturated rings. The number of methoxy groups -OCH3 is 1. The summed E-state index contributed by atoms with van der Waals surface area (Å²) < 4.78 is 4.87. The molecule has 0 bridgehead atoms. The van der Waals surface area contributed by atoms with Crippen molar-refractivity contribution < 1.29 is 14.6 Å². The van der Waals surface area contributed by atoms with E-state index in [0.717, 1.165) is 5.56 Å². The van der Waals surface area contributed by atoms with Gasteiger partial charge in [0, 0.05) is 13.1 Å². The summed E-state index contributed by atoms with van der Waals surface area (Å²) in [5.74, 6) is -0.199. The summed E-state index contributed by atoms with van der Waals surface area (Å²) in [6, 6.07) is 9.55. The zero-order valence-electron chi connectivity index (χ0n) is 13.4. The van der Waals surface area contributed by atoms with Gasteiger partial charge in [0.1, 0.15) is 0 Å². The van der Waals surface area contributed by atoms with Crippen molar-refractivity contribution in [1.29, 1.82) is 0 Å². The van der Waals surface area contributed by atoms with Crippen LogP contribution in [0.15, 0.2) is 30.3 Å². The smallest absolute Gasteiger partial charge is 0.314 e. The first kappa shape index (κ1) is 17.7. The van der Waals surface area contributed by atoms with E-state index in [9.17, 15) is 9.90 Å². The van der Waals surface area contributed by atoms with Gasteiger partial charge in [0.15, 0.2) is 0 Å². The van der Waals surface area contributed by atoms with Gasteiger partial charge in [-0.05, 0) is 24.8 Å². The van der Waals surface area contributed by atoms with Gasteiger partial charge in [-0.2, -0.15) is 0 Å². The van der Waals surface area contributed by atoms with E-state index < -0.39 is 5.60 Å². The van der Waals surface area contributed by atoms with Crippen molar-refractivity contribution in [2.24, 2.45) is 5.92 Å². The molecule has 1 aromatic carbocycles. The third-order valence-corrected chi connectivity index (χ3v) is 3.39. The molecule has 1 aromatic rings. The van der Waals surface area contributed by atoms with Crippen LogP contribution in [0.2, 0.25) is 0 Å². The monoisotopic (exact) mass is 293 g/mol. The van der Waals surface area contributed by atoms with Gasteiger partial charge >= 0.3 is 5.97 Å². The Labute approximate surface area is 127 Å². The minimum Gasteiger partial charge on any atom is -0.469 e. The predicted molar refractivity (Wildman–Crippen MR) is 84.1 cm³/mol. The van der Waals surface area contributed by atoms with E-state index in [-0.39, 0.29) is 11.9 Å². The van der Waals surface area contributed by atoms with Crippen LogP contribution < -0.4 is 5.32 Å². The summed E-state index contributed by atoms with van der Waals surface area (Å²) in [5.41, 5.74) is 0.145. The molecule has 0 spiro atoms. The normalized spacial score (nSPS) is 15.5. The minimum absolute atomic E-state index is 0.266. The second kappa shape index (κ2) is 8.15. The minimum atomic E-state index is -0.772. The number of aliphatic hydroxyl groups is 1. The third kappa shape index (κ3) is 6.27. The number of carbonyl (C=O) groups is 1. The average Bonchev–Trinajstić information content (AvgIpc) is 2.42. The molecular formula is C17H27NO3. The molecule has 4 nitrogen and oxygen atoms in total. The van der Waals surface area contributed by atoms with Gasteiger partial charge in [0.25, 0.3) is 0 Å². The first-order valence-electron chi connectivity index (χ1n) is 7.41. The Bertz CT molecular complexity index is 429. The molecule has 0 heterocycles. The summed E-state index contributed by atoms with van der Waals surface area (Å²) in [7, 11) is 1.40. The molecule has 2 atom stereocenters. The quantitative estimate of drug-likeness (QED) is 0.722. The Balaban J connectivity index is 2.61. The number of esters is 1. The summed E-state index contributed by atoms with van der Waals surface area (Å²) in [5, 5.41) is 13.5. The predicted octanol–water partition coefficient (Wildman–Crippen LogP) is 2.33. The highest BCUT2D eigenvalue weighted by Crippen LogP contribution is 2.18. The van der Waals surface area contributed by atoms with Crippen molar-refractivity contribution in [2.75, 3.05) is 20.2 Å². The topological polar surface area (TPSA) is 58.6 Å². The van der Waals surface area contributed by atoms with Crippen LogP contribution in [0.25, 0.3) is 0 Å². The fraction of sp³-hybridized carbons (Fsp3) is 0.588. The van der Waals surface area contributed by atoms with Gasteiger partial charge in [0.2, 0.25) is 0 Å². The van der Waals surface area contributed by atoms with Crippen LogP contribution in [0.4, 0.5) is 0 Å². The van der Waals surface area contributed by atoms with Crippen molar-refractivity contribution in [3.05, 3.63) is 35.9 Å². The highest BCUT2D eigenvalue weighted by Gasteiger charge is 2.25. The second-order valence-corrected chi connectivity index (χ2v) is 6.21. The van der Waals surface area contributed by atoms with Gasteiger partial charge in [0.05, 0.1) is 18.6 Å². The maximum absolute atomic E-state index is 11.9. The highest BCUT2D eigenvalue weighted by atomic mass is 16.5. The van der Waals surface area contributed by atoms with E-state index >= 15 is 0 Å². The Hall–Kier alpha value is -1.39. The Morgan fingerprint density at radius 3 is 2.48 bits per heavy atom. The molecule has 21 heavy (non-hydrogen) atoms. The lowest BCUT2D eigenvalue weighted by Gasteiger charge is -2.26. The van der Waals surface area contributed by atoms with Gasteiger partial charge in [-0.15, -0.1) is 0 Å². The summed E-state index contributed by atoms with van der Waals surface area (Å²) in [6.07, 6.45) is 0.716. The van der Waals surface area contributed by atoms with Crippen molar-refractivity contribution in [2.45, 2.75) is 38.7 Å². The van der Waals surface area contributed by atoms with Gasteiger partial charge < -0.3 is 15.2 Å². The number of carbonyl (C=O) groups excluding carboxylic acids is 1. The van der Waals surface area contributed by atoms with E-state index in [1.807, 2.05) is 37.3 Å². The van der Waals surface area contributed by atoms with E-state index in [1.54, 1.807) is 0 Å². The SMILES string of the molecule is COC(=O)C(CNCC(C)(O)CC(C)C)c1ccccc1. The average molecular weight is 293 g/mol. The van der Waals surface area contributed by atoms with Crippen molar-refractivity contribution in [3.8, 4) is 0 Å². The van der Waals surface area contributed by atoms with Crippen LogP contribution in [0.1, 0.15) is 38.7 Å². The van der Waals surface area contributed by atoms with Crippen LogP contribution in [-0.4, -0.2) is 36.9 Å². The second-order valence-electron chi connectivity index (χ2n) is 6.21. The van der Waals surface area contributed by atoms with Crippen molar-refractivity contribution in [1.82, 2.24) is 5.32 Å². The molecule has 2 unspecified atom stereocenters. The molecule has 0 saturated carbocycles. The molecule has 0 aliphatic carbocycles. The zero-order chi connectivity index (χ0) is 15.9. The lowest BCUT2D eigenvalue weighted by atomic mass is 9.93. The molecule has 0 aliphatic rings. The fourth-order valence-corrected chi connectivity index (χ4v) is 2.60. The first-order chi connectivity index (χ1) is 9.85. The van der Waals surface area contributed by atoms with E-state index in [4.69, 9.17) is 4.74 Å². The molecule has 0 saturated heterocycles. The van der Waals surface area contributed by atoms with Gasteiger partial charge in [-0.1, -0.05) is 44.2 Å². The molecule has 0 amide bonds. The number of nitrogens with one attached hydrogen (secondary N) is 1. The van der Waals surface area contributed by atoms with Crippen LogP contribution in [0.5, 0.6) is 0 Å². The van der Waals surface area contributed by atoms with Gasteiger partial charge in [-0.3, -0.25) is 4.79 Å². The number of benzene rings is 1. The fourth-order valence-electron chi connectivity index (χ4n) is 2.60. The molecule has 4 heteroatoms. The Morgan fingerprint density at radius 2 is 1.95 bits per heavy atom. The third-order valence-electron chi connectivity index (χ3n) is 3.39. The Kier molecular flexibility index (Phi) is 6.85. The molecule has 0 aliphatic heterocycles. The number of rotatable bonds is 8. The lowest BCUT2D eigenvalue weighted by molar-refractivity contribution is -0.142. The van der Waals surface area contributed by atoms with Crippen LogP contribution in [0, 0.1) is 5.92 Å². The lowest BCUT2D eigenvalue weighted by Crippen LogP contribution is -2.41.